The average molecular weight is 349 g/mol. The third-order valence-corrected chi connectivity index (χ3v) is 5.00. The van der Waals surface area contributed by atoms with Gasteiger partial charge in [-0.3, -0.25) is 5.84 Å². The molecule has 0 saturated heterocycles. The Morgan fingerprint density at radius 2 is 1.76 bits per heavy atom. The topological polar surface area (TPSA) is 47.3 Å². The minimum Gasteiger partial charge on any atom is -0.496 e. The van der Waals surface area contributed by atoms with Crippen LogP contribution in [0, 0.1) is 20.8 Å². The van der Waals surface area contributed by atoms with E-state index in [1.54, 1.807) is 7.11 Å². The average Bonchev–Trinajstić information content (AvgIpc) is 2.48. The Balaban J connectivity index is 2.62. The Bertz CT molecular complexity index is 655. The van der Waals surface area contributed by atoms with E-state index in [0.29, 0.717) is 0 Å². The molecule has 2 aromatic rings. The SMILES string of the molecule is COc1c(C(NN)c2cccc(C)c2Br)ccc(C)c1C. The van der Waals surface area contributed by atoms with Crippen molar-refractivity contribution in [2.75, 3.05) is 7.11 Å². The Kier molecular flexibility index (Phi) is 5.04. The Morgan fingerprint density at radius 1 is 1.05 bits per heavy atom. The summed E-state index contributed by atoms with van der Waals surface area (Å²) in [6, 6.07) is 10.2. The first-order valence-corrected chi connectivity index (χ1v) is 7.65. The molecule has 4 heteroatoms. The molecule has 3 N–H and O–H groups in total. The summed E-state index contributed by atoms with van der Waals surface area (Å²) in [5, 5.41) is 0. The number of methoxy groups -OCH3 is 1. The molecule has 21 heavy (non-hydrogen) atoms. The summed E-state index contributed by atoms with van der Waals surface area (Å²) in [6.45, 7) is 6.21. The minimum absolute atomic E-state index is 0.131. The zero-order valence-corrected chi connectivity index (χ0v) is 14.4. The number of rotatable bonds is 4. The number of hydrazine groups is 1. The quantitative estimate of drug-likeness (QED) is 0.649. The molecule has 0 amide bonds. The lowest BCUT2D eigenvalue weighted by Gasteiger charge is -2.23. The van der Waals surface area contributed by atoms with Gasteiger partial charge in [0.25, 0.3) is 0 Å². The van der Waals surface area contributed by atoms with Gasteiger partial charge in [0.05, 0.1) is 13.2 Å². The maximum atomic E-state index is 5.84. The summed E-state index contributed by atoms with van der Waals surface area (Å²) in [5.41, 5.74) is 8.56. The molecular weight excluding hydrogens is 328 g/mol. The van der Waals surface area contributed by atoms with Gasteiger partial charge in [0, 0.05) is 10.0 Å². The van der Waals surface area contributed by atoms with Crippen molar-refractivity contribution in [1.82, 2.24) is 5.43 Å². The molecule has 0 heterocycles. The summed E-state index contributed by atoms with van der Waals surface area (Å²) in [5.74, 6) is 6.72. The first-order chi connectivity index (χ1) is 10.0. The monoisotopic (exact) mass is 348 g/mol. The molecule has 0 aliphatic rings. The fourth-order valence-electron chi connectivity index (χ4n) is 2.55. The molecule has 2 aromatic carbocycles. The lowest BCUT2D eigenvalue weighted by Crippen LogP contribution is -2.29. The predicted octanol–water partition coefficient (Wildman–Crippen LogP) is 3.94. The number of hydrogen-bond donors (Lipinski definition) is 2. The van der Waals surface area contributed by atoms with E-state index in [1.165, 1.54) is 11.1 Å². The van der Waals surface area contributed by atoms with Gasteiger partial charge < -0.3 is 4.74 Å². The third kappa shape index (κ3) is 2.98. The van der Waals surface area contributed by atoms with Crippen LogP contribution in [0.5, 0.6) is 5.75 Å². The molecule has 0 aliphatic heterocycles. The van der Waals surface area contributed by atoms with E-state index in [9.17, 15) is 0 Å². The molecule has 0 saturated carbocycles. The number of halogens is 1. The number of aryl methyl sites for hydroxylation is 2. The lowest BCUT2D eigenvalue weighted by molar-refractivity contribution is 0.400. The molecule has 3 nitrogen and oxygen atoms in total. The summed E-state index contributed by atoms with van der Waals surface area (Å²) in [7, 11) is 1.70. The van der Waals surface area contributed by atoms with Crippen LogP contribution in [-0.2, 0) is 0 Å². The van der Waals surface area contributed by atoms with Gasteiger partial charge >= 0.3 is 0 Å². The highest BCUT2D eigenvalue weighted by molar-refractivity contribution is 9.10. The molecule has 2 rings (SSSR count). The van der Waals surface area contributed by atoms with Gasteiger partial charge in [-0.1, -0.05) is 46.3 Å². The molecule has 1 atom stereocenters. The van der Waals surface area contributed by atoms with Crippen molar-refractivity contribution in [2.45, 2.75) is 26.8 Å². The maximum absolute atomic E-state index is 5.84. The highest BCUT2D eigenvalue weighted by atomic mass is 79.9. The van der Waals surface area contributed by atoms with Crippen LogP contribution in [0.4, 0.5) is 0 Å². The first-order valence-electron chi connectivity index (χ1n) is 6.86. The van der Waals surface area contributed by atoms with Crippen molar-refractivity contribution >= 4 is 15.9 Å². The van der Waals surface area contributed by atoms with Crippen molar-refractivity contribution in [2.24, 2.45) is 5.84 Å². The predicted molar refractivity (Wildman–Crippen MR) is 90.5 cm³/mol. The number of hydrogen-bond acceptors (Lipinski definition) is 3. The Morgan fingerprint density at radius 3 is 2.38 bits per heavy atom. The van der Waals surface area contributed by atoms with E-state index in [0.717, 1.165) is 26.9 Å². The molecule has 0 radical (unpaired) electrons. The minimum atomic E-state index is -0.131. The zero-order chi connectivity index (χ0) is 15.6. The Labute approximate surface area is 134 Å². The van der Waals surface area contributed by atoms with Gasteiger partial charge in [-0.25, -0.2) is 5.43 Å². The lowest BCUT2D eigenvalue weighted by atomic mass is 9.94. The van der Waals surface area contributed by atoms with Crippen molar-refractivity contribution < 1.29 is 4.74 Å². The number of ether oxygens (including phenoxy) is 1. The van der Waals surface area contributed by atoms with E-state index >= 15 is 0 Å². The van der Waals surface area contributed by atoms with Crippen LogP contribution in [0.1, 0.15) is 33.9 Å². The van der Waals surface area contributed by atoms with Gasteiger partial charge in [-0.15, -0.1) is 0 Å². The summed E-state index contributed by atoms with van der Waals surface area (Å²) < 4.78 is 6.68. The third-order valence-electron chi connectivity index (χ3n) is 3.92. The van der Waals surface area contributed by atoms with Gasteiger partial charge in [-0.2, -0.15) is 0 Å². The van der Waals surface area contributed by atoms with Gasteiger partial charge in [0.15, 0.2) is 0 Å². The molecular formula is C17H21BrN2O. The highest BCUT2D eigenvalue weighted by Gasteiger charge is 2.21. The molecule has 0 aromatic heterocycles. The zero-order valence-electron chi connectivity index (χ0n) is 12.8. The summed E-state index contributed by atoms with van der Waals surface area (Å²) in [4.78, 5) is 0. The first kappa shape index (κ1) is 16.0. The fourth-order valence-corrected chi connectivity index (χ4v) is 3.04. The summed E-state index contributed by atoms with van der Waals surface area (Å²) in [6.07, 6.45) is 0. The van der Waals surface area contributed by atoms with Gasteiger partial charge in [0.2, 0.25) is 0 Å². The molecule has 0 fully saturated rings. The second-order valence-corrected chi connectivity index (χ2v) is 6.00. The van der Waals surface area contributed by atoms with Crippen LogP contribution in [-0.4, -0.2) is 7.11 Å². The maximum Gasteiger partial charge on any atom is 0.127 e. The highest BCUT2D eigenvalue weighted by Crippen LogP contribution is 2.37. The normalized spacial score (nSPS) is 12.3. The standard InChI is InChI=1S/C17H21BrN2O/c1-10-8-9-14(17(21-4)12(10)3)16(20-19)13-7-5-6-11(2)15(13)18/h5-9,16,20H,19H2,1-4H3. The van der Waals surface area contributed by atoms with Crippen molar-refractivity contribution in [3.05, 3.63) is 62.6 Å². The largest absolute Gasteiger partial charge is 0.496 e. The number of nitrogens with two attached hydrogens (primary N) is 1. The van der Waals surface area contributed by atoms with Crippen LogP contribution < -0.4 is 16.0 Å². The van der Waals surface area contributed by atoms with Crippen LogP contribution in [0.15, 0.2) is 34.8 Å². The van der Waals surface area contributed by atoms with E-state index in [-0.39, 0.29) is 6.04 Å². The van der Waals surface area contributed by atoms with E-state index in [2.05, 4.69) is 66.4 Å². The molecule has 0 bridgehead atoms. The van der Waals surface area contributed by atoms with Gasteiger partial charge in [0.1, 0.15) is 5.75 Å². The Hall–Kier alpha value is -1.36. The van der Waals surface area contributed by atoms with Crippen LogP contribution in [0.25, 0.3) is 0 Å². The fraction of sp³-hybridized carbons (Fsp3) is 0.294. The smallest absolute Gasteiger partial charge is 0.127 e. The van der Waals surface area contributed by atoms with Gasteiger partial charge in [-0.05, 0) is 43.0 Å². The second kappa shape index (κ2) is 6.60. The second-order valence-electron chi connectivity index (χ2n) is 5.21. The van der Waals surface area contributed by atoms with Crippen molar-refractivity contribution in [3.8, 4) is 5.75 Å². The number of benzene rings is 2. The van der Waals surface area contributed by atoms with Crippen molar-refractivity contribution in [1.29, 1.82) is 0 Å². The molecule has 1 unspecified atom stereocenters. The molecule has 0 spiro atoms. The van der Waals surface area contributed by atoms with E-state index in [4.69, 9.17) is 10.6 Å². The van der Waals surface area contributed by atoms with Crippen molar-refractivity contribution in [3.63, 3.8) is 0 Å². The summed E-state index contributed by atoms with van der Waals surface area (Å²) >= 11 is 3.66. The number of nitrogens with one attached hydrogen (secondary N) is 1. The van der Waals surface area contributed by atoms with E-state index in [1.807, 2.05) is 6.07 Å². The molecule has 0 aliphatic carbocycles. The van der Waals surface area contributed by atoms with E-state index < -0.39 is 0 Å². The van der Waals surface area contributed by atoms with Crippen LogP contribution in [0.2, 0.25) is 0 Å². The van der Waals surface area contributed by atoms with Crippen LogP contribution in [0.3, 0.4) is 0 Å². The van der Waals surface area contributed by atoms with Crippen LogP contribution >= 0.6 is 15.9 Å². The molecule has 112 valence electrons.